The van der Waals surface area contributed by atoms with E-state index in [0.29, 0.717) is 0 Å². The predicted octanol–water partition coefficient (Wildman–Crippen LogP) is 3.80. The van der Waals surface area contributed by atoms with Crippen molar-refractivity contribution >= 4 is 6.09 Å². The standard InChI is InChI=1S/C20H29NO4/c1-13-7-14(12-22)9-17(8-13)24-18-10-15-5-6-16(11-18)21(15)19(23)25-20(2,3)4/h7-9,15-16,18,22H,5-6,10-12H2,1-4H3/t15-,16+,18+. The van der Waals surface area contributed by atoms with E-state index >= 15 is 0 Å². The predicted molar refractivity (Wildman–Crippen MR) is 95.6 cm³/mol. The third-order valence-corrected chi connectivity index (χ3v) is 4.89. The van der Waals surface area contributed by atoms with E-state index in [1.807, 2.05) is 50.8 Å². The van der Waals surface area contributed by atoms with Crippen LogP contribution in [0.2, 0.25) is 0 Å². The van der Waals surface area contributed by atoms with Crippen molar-refractivity contribution in [3.63, 3.8) is 0 Å². The molecule has 1 N–H and O–H groups in total. The van der Waals surface area contributed by atoms with Gasteiger partial charge in [-0.3, -0.25) is 0 Å². The molecule has 5 nitrogen and oxygen atoms in total. The van der Waals surface area contributed by atoms with Crippen LogP contribution in [0.3, 0.4) is 0 Å². The topological polar surface area (TPSA) is 59.0 Å². The third kappa shape index (κ3) is 4.27. The first-order valence-corrected chi connectivity index (χ1v) is 9.14. The molecule has 1 amide bonds. The number of piperidine rings is 1. The molecule has 138 valence electrons. The highest BCUT2D eigenvalue weighted by atomic mass is 16.6. The zero-order chi connectivity index (χ0) is 18.2. The summed E-state index contributed by atoms with van der Waals surface area (Å²) in [5.74, 6) is 0.805. The van der Waals surface area contributed by atoms with Crippen LogP contribution in [0.15, 0.2) is 18.2 Å². The number of benzene rings is 1. The molecule has 5 heteroatoms. The van der Waals surface area contributed by atoms with Gasteiger partial charge in [0.25, 0.3) is 0 Å². The second-order valence-corrected chi connectivity index (χ2v) is 8.30. The van der Waals surface area contributed by atoms with Crippen LogP contribution < -0.4 is 4.74 Å². The first kappa shape index (κ1) is 18.1. The summed E-state index contributed by atoms with van der Waals surface area (Å²) in [6.07, 6.45) is 3.59. The number of amides is 1. The molecule has 0 aliphatic carbocycles. The summed E-state index contributed by atoms with van der Waals surface area (Å²) in [6.45, 7) is 7.72. The molecule has 1 aromatic carbocycles. The maximum absolute atomic E-state index is 12.5. The van der Waals surface area contributed by atoms with Gasteiger partial charge in [0.1, 0.15) is 17.5 Å². The van der Waals surface area contributed by atoms with Crippen LogP contribution in [-0.4, -0.2) is 39.9 Å². The average Bonchev–Trinajstić information content (AvgIpc) is 2.76. The van der Waals surface area contributed by atoms with Crippen molar-refractivity contribution in [1.82, 2.24) is 4.90 Å². The number of aryl methyl sites for hydroxylation is 1. The molecule has 25 heavy (non-hydrogen) atoms. The number of carbonyl (C=O) groups is 1. The third-order valence-electron chi connectivity index (χ3n) is 4.89. The number of aliphatic hydroxyl groups is 1. The number of nitrogens with zero attached hydrogens (tertiary/aromatic N) is 1. The Kier molecular flexibility index (Phi) is 4.96. The first-order valence-electron chi connectivity index (χ1n) is 9.14. The zero-order valence-electron chi connectivity index (χ0n) is 15.6. The lowest BCUT2D eigenvalue weighted by atomic mass is 10.00. The number of rotatable bonds is 3. The molecule has 0 aromatic heterocycles. The number of carbonyl (C=O) groups excluding carboxylic acids is 1. The van der Waals surface area contributed by atoms with Gasteiger partial charge >= 0.3 is 6.09 Å². The lowest BCUT2D eigenvalue weighted by molar-refractivity contribution is -0.00709. The van der Waals surface area contributed by atoms with Gasteiger partial charge in [-0.2, -0.15) is 0 Å². The summed E-state index contributed by atoms with van der Waals surface area (Å²) in [7, 11) is 0. The molecule has 0 spiro atoms. The van der Waals surface area contributed by atoms with Gasteiger partial charge in [-0.25, -0.2) is 4.79 Å². The van der Waals surface area contributed by atoms with E-state index in [9.17, 15) is 9.90 Å². The number of ether oxygens (including phenoxy) is 2. The summed E-state index contributed by atoms with van der Waals surface area (Å²) < 4.78 is 11.8. The summed E-state index contributed by atoms with van der Waals surface area (Å²) in [6, 6.07) is 6.25. The number of hydrogen-bond donors (Lipinski definition) is 1. The average molecular weight is 347 g/mol. The van der Waals surface area contributed by atoms with Crippen LogP contribution in [0.5, 0.6) is 5.75 Å². The van der Waals surface area contributed by atoms with Crippen LogP contribution in [0, 0.1) is 6.92 Å². The van der Waals surface area contributed by atoms with Gasteiger partial charge in [-0.05, 0) is 63.8 Å². The van der Waals surface area contributed by atoms with Crippen LogP contribution in [0.4, 0.5) is 4.79 Å². The Labute approximate surface area is 149 Å². The van der Waals surface area contributed by atoms with Crippen molar-refractivity contribution in [1.29, 1.82) is 0 Å². The minimum absolute atomic E-state index is 0.0143. The lowest BCUT2D eigenvalue weighted by Crippen LogP contribution is -2.50. The van der Waals surface area contributed by atoms with Gasteiger partial charge in [-0.1, -0.05) is 6.07 Å². The van der Waals surface area contributed by atoms with Crippen LogP contribution >= 0.6 is 0 Å². The first-order chi connectivity index (χ1) is 11.7. The highest BCUT2D eigenvalue weighted by molar-refractivity contribution is 5.69. The molecule has 1 aromatic rings. The molecule has 0 saturated carbocycles. The van der Waals surface area contributed by atoms with Gasteiger partial charge < -0.3 is 19.5 Å². The largest absolute Gasteiger partial charge is 0.490 e. The van der Waals surface area contributed by atoms with E-state index in [4.69, 9.17) is 9.47 Å². The van der Waals surface area contributed by atoms with E-state index in [1.165, 1.54) is 0 Å². The second-order valence-electron chi connectivity index (χ2n) is 8.30. The van der Waals surface area contributed by atoms with Crippen molar-refractivity contribution in [2.24, 2.45) is 0 Å². The molecular formula is C20H29NO4. The molecule has 3 atom stereocenters. The Balaban J connectivity index is 1.66. The summed E-state index contributed by atoms with van der Waals surface area (Å²) in [4.78, 5) is 14.4. The number of fused-ring (bicyclic) bond motifs is 2. The minimum Gasteiger partial charge on any atom is -0.490 e. The Morgan fingerprint density at radius 2 is 1.84 bits per heavy atom. The van der Waals surface area contributed by atoms with E-state index in [1.54, 1.807) is 0 Å². The number of aliphatic hydroxyl groups excluding tert-OH is 1. The van der Waals surface area contributed by atoms with Crippen molar-refractivity contribution in [2.45, 2.75) is 83.8 Å². The van der Waals surface area contributed by atoms with Gasteiger partial charge in [0.05, 0.1) is 6.61 Å². The molecule has 2 heterocycles. The summed E-state index contributed by atoms with van der Waals surface area (Å²) in [5.41, 5.74) is 1.48. The maximum Gasteiger partial charge on any atom is 0.410 e. The van der Waals surface area contributed by atoms with E-state index < -0.39 is 5.60 Å². The highest BCUT2D eigenvalue weighted by Crippen LogP contribution is 2.38. The molecule has 2 aliphatic rings. The van der Waals surface area contributed by atoms with Gasteiger partial charge in [0.2, 0.25) is 0 Å². The highest BCUT2D eigenvalue weighted by Gasteiger charge is 2.45. The molecule has 2 aliphatic heterocycles. The smallest absolute Gasteiger partial charge is 0.410 e. The van der Waals surface area contributed by atoms with Gasteiger partial charge in [0.15, 0.2) is 0 Å². The monoisotopic (exact) mass is 347 g/mol. The van der Waals surface area contributed by atoms with Crippen molar-refractivity contribution in [3.8, 4) is 5.75 Å². The van der Waals surface area contributed by atoms with Crippen molar-refractivity contribution in [3.05, 3.63) is 29.3 Å². The molecule has 2 saturated heterocycles. The van der Waals surface area contributed by atoms with Gasteiger partial charge in [-0.15, -0.1) is 0 Å². The molecule has 0 radical (unpaired) electrons. The summed E-state index contributed by atoms with van der Waals surface area (Å²) >= 11 is 0. The molecule has 0 unspecified atom stereocenters. The fraction of sp³-hybridized carbons (Fsp3) is 0.650. The summed E-state index contributed by atoms with van der Waals surface area (Å²) in [5, 5.41) is 9.36. The molecule has 2 fully saturated rings. The van der Waals surface area contributed by atoms with Crippen LogP contribution in [0.25, 0.3) is 0 Å². The van der Waals surface area contributed by atoms with Crippen molar-refractivity contribution in [2.75, 3.05) is 0 Å². The van der Waals surface area contributed by atoms with Crippen LogP contribution in [-0.2, 0) is 11.3 Å². The fourth-order valence-corrected chi connectivity index (χ4v) is 4.01. The maximum atomic E-state index is 12.5. The molecule has 2 bridgehead atoms. The Hall–Kier alpha value is -1.75. The molecular weight excluding hydrogens is 318 g/mol. The van der Waals surface area contributed by atoms with E-state index in [2.05, 4.69) is 0 Å². The lowest BCUT2D eigenvalue weighted by Gasteiger charge is -2.39. The SMILES string of the molecule is Cc1cc(CO)cc(O[C@H]2C[C@H]3CC[C@@H](C2)N3C(=O)OC(C)(C)C)c1. The Bertz CT molecular complexity index is 623. The Morgan fingerprint density at radius 1 is 1.20 bits per heavy atom. The fourth-order valence-electron chi connectivity index (χ4n) is 4.01. The van der Waals surface area contributed by atoms with E-state index in [0.717, 1.165) is 42.6 Å². The van der Waals surface area contributed by atoms with Crippen LogP contribution in [0.1, 0.15) is 57.6 Å². The van der Waals surface area contributed by atoms with Crippen molar-refractivity contribution < 1.29 is 19.4 Å². The quantitative estimate of drug-likeness (QED) is 0.903. The Morgan fingerprint density at radius 3 is 2.40 bits per heavy atom. The minimum atomic E-state index is -0.466. The molecule has 3 rings (SSSR count). The number of hydrogen-bond acceptors (Lipinski definition) is 4. The van der Waals surface area contributed by atoms with Gasteiger partial charge in [0, 0.05) is 24.9 Å². The normalized spacial score (nSPS) is 25.8. The second kappa shape index (κ2) is 6.87. The zero-order valence-corrected chi connectivity index (χ0v) is 15.6. The van der Waals surface area contributed by atoms with E-state index in [-0.39, 0.29) is 30.9 Å².